The van der Waals surface area contributed by atoms with Crippen LogP contribution in [0.3, 0.4) is 0 Å². The average Bonchev–Trinajstić information content (AvgIpc) is 2.80. The van der Waals surface area contributed by atoms with Crippen LogP contribution >= 0.6 is 23.2 Å². The molecule has 2 amide bonds. The van der Waals surface area contributed by atoms with Crippen LogP contribution in [-0.2, 0) is 17.4 Å². The molecule has 0 aliphatic carbocycles. The van der Waals surface area contributed by atoms with Gasteiger partial charge < -0.3 is 10.2 Å². The molecular formula is C23H18Cl2F3N3O2. The molecule has 0 atom stereocenters. The third kappa shape index (κ3) is 6.46. The molecule has 0 aliphatic rings. The van der Waals surface area contributed by atoms with Gasteiger partial charge in [0.05, 0.1) is 11.3 Å². The van der Waals surface area contributed by atoms with Gasteiger partial charge in [0.15, 0.2) is 5.15 Å². The summed E-state index contributed by atoms with van der Waals surface area (Å²) in [4.78, 5) is 30.2. The highest BCUT2D eigenvalue weighted by Gasteiger charge is 2.33. The van der Waals surface area contributed by atoms with Crippen molar-refractivity contribution in [1.29, 1.82) is 0 Å². The summed E-state index contributed by atoms with van der Waals surface area (Å²) in [5.41, 5.74) is -0.433. The number of amides is 2. The van der Waals surface area contributed by atoms with Crippen LogP contribution in [0.15, 0.2) is 66.9 Å². The highest BCUT2D eigenvalue weighted by atomic mass is 35.5. The van der Waals surface area contributed by atoms with Crippen LogP contribution in [0.2, 0.25) is 5.15 Å². The zero-order valence-corrected chi connectivity index (χ0v) is 18.6. The Morgan fingerprint density at radius 1 is 1.03 bits per heavy atom. The van der Waals surface area contributed by atoms with E-state index in [2.05, 4.69) is 10.3 Å². The lowest BCUT2D eigenvalue weighted by molar-refractivity contribution is -0.137. The van der Waals surface area contributed by atoms with Crippen molar-refractivity contribution in [2.45, 2.75) is 12.6 Å². The van der Waals surface area contributed by atoms with Gasteiger partial charge in [0.25, 0.3) is 5.91 Å². The van der Waals surface area contributed by atoms with E-state index < -0.39 is 29.4 Å². The predicted molar refractivity (Wildman–Crippen MR) is 122 cm³/mol. The molecule has 0 saturated heterocycles. The summed E-state index contributed by atoms with van der Waals surface area (Å²) in [7, 11) is 0. The summed E-state index contributed by atoms with van der Waals surface area (Å²) in [6.07, 6.45) is -2.96. The van der Waals surface area contributed by atoms with Gasteiger partial charge in [-0.05, 0) is 42.3 Å². The predicted octanol–water partition coefficient (Wildman–Crippen LogP) is 5.82. The minimum Gasteiger partial charge on any atom is -0.319 e. The zero-order valence-electron chi connectivity index (χ0n) is 17.1. The number of anilines is 2. The lowest BCUT2D eigenvalue weighted by atomic mass is 10.1. The van der Waals surface area contributed by atoms with E-state index in [4.69, 9.17) is 23.2 Å². The molecule has 0 fully saturated rings. The van der Waals surface area contributed by atoms with Crippen molar-refractivity contribution in [3.05, 3.63) is 88.7 Å². The van der Waals surface area contributed by atoms with Crippen LogP contribution in [0.5, 0.6) is 0 Å². The van der Waals surface area contributed by atoms with Crippen molar-refractivity contribution >= 4 is 46.4 Å². The number of hydrogen-bond acceptors (Lipinski definition) is 3. The van der Waals surface area contributed by atoms with Crippen LogP contribution in [0.1, 0.15) is 21.5 Å². The molecule has 1 aromatic heterocycles. The fourth-order valence-electron chi connectivity index (χ4n) is 3.09. The fourth-order valence-corrected chi connectivity index (χ4v) is 3.40. The summed E-state index contributed by atoms with van der Waals surface area (Å²) in [6, 6.07) is 14.9. The first-order valence-electron chi connectivity index (χ1n) is 9.73. The number of rotatable bonds is 7. The van der Waals surface area contributed by atoms with Gasteiger partial charge in [-0.1, -0.05) is 41.9 Å². The molecule has 2 aromatic carbocycles. The van der Waals surface area contributed by atoms with E-state index in [0.717, 1.165) is 16.5 Å². The monoisotopic (exact) mass is 495 g/mol. The van der Waals surface area contributed by atoms with E-state index in [1.165, 1.54) is 24.4 Å². The van der Waals surface area contributed by atoms with E-state index in [1.54, 1.807) is 0 Å². The molecule has 0 saturated carbocycles. The molecule has 0 spiro atoms. The second kappa shape index (κ2) is 10.7. The highest BCUT2D eigenvalue weighted by molar-refractivity contribution is 6.32. The molecule has 3 aromatic rings. The molecule has 1 heterocycles. The van der Waals surface area contributed by atoms with Crippen molar-refractivity contribution < 1.29 is 22.8 Å². The van der Waals surface area contributed by atoms with Gasteiger partial charge >= 0.3 is 6.18 Å². The van der Waals surface area contributed by atoms with Gasteiger partial charge in [-0.3, -0.25) is 9.59 Å². The second-order valence-electron chi connectivity index (χ2n) is 6.98. The first-order chi connectivity index (χ1) is 15.7. The summed E-state index contributed by atoms with van der Waals surface area (Å²) >= 11 is 11.6. The topological polar surface area (TPSA) is 62.3 Å². The second-order valence-corrected chi connectivity index (χ2v) is 7.60. The number of carbonyl (C=O) groups excluding carboxylic acids is 2. The van der Waals surface area contributed by atoms with Gasteiger partial charge in [-0.2, -0.15) is 13.2 Å². The third-order valence-corrected chi connectivity index (χ3v) is 5.24. The van der Waals surface area contributed by atoms with Crippen LogP contribution < -0.4 is 10.2 Å². The van der Waals surface area contributed by atoms with E-state index in [1.807, 2.05) is 30.3 Å². The van der Waals surface area contributed by atoms with Crippen LogP contribution in [0.25, 0.3) is 0 Å². The smallest absolute Gasteiger partial charge is 0.319 e. The average molecular weight is 496 g/mol. The Morgan fingerprint density at radius 3 is 2.39 bits per heavy atom. The van der Waals surface area contributed by atoms with Crippen molar-refractivity contribution in [1.82, 2.24) is 4.98 Å². The summed E-state index contributed by atoms with van der Waals surface area (Å²) in [6.45, 7) is 0.0758. The van der Waals surface area contributed by atoms with Gasteiger partial charge in [-0.15, -0.1) is 11.6 Å². The molecule has 33 heavy (non-hydrogen) atoms. The Hall–Kier alpha value is -3.10. The number of carbonyl (C=O) groups is 2. The maximum atomic E-state index is 13.6. The van der Waals surface area contributed by atoms with Gasteiger partial charge in [0.2, 0.25) is 5.91 Å². The Kier molecular flexibility index (Phi) is 7.94. The van der Waals surface area contributed by atoms with E-state index in [0.29, 0.717) is 12.5 Å². The van der Waals surface area contributed by atoms with Crippen molar-refractivity contribution in [2.24, 2.45) is 0 Å². The highest BCUT2D eigenvalue weighted by Crippen LogP contribution is 2.34. The number of hydrogen-bond donors (Lipinski definition) is 1. The number of pyridine rings is 1. The molecule has 1 N–H and O–H groups in total. The maximum absolute atomic E-state index is 13.6. The summed E-state index contributed by atoms with van der Waals surface area (Å²) < 4.78 is 40.8. The number of alkyl halides is 4. The number of nitrogens with zero attached hydrogens (tertiary/aromatic N) is 2. The molecule has 5 nitrogen and oxygen atoms in total. The van der Waals surface area contributed by atoms with E-state index in [-0.39, 0.29) is 28.6 Å². The standard InChI is InChI=1S/C23H18Cl2F3N3O2/c24-14-20(32)31(10-8-15-5-2-1-3-6-15)18-12-16(11-17(13-18)23(26,27)28)22(33)30-19-7-4-9-29-21(19)25/h1-7,9,11-13H,8,10,14H2,(H,30,33). The number of aromatic nitrogens is 1. The van der Waals surface area contributed by atoms with E-state index >= 15 is 0 Å². The molecule has 0 radical (unpaired) electrons. The van der Waals surface area contributed by atoms with E-state index in [9.17, 15) is 22.8 Å². The Morgan fingerprint density at radius 2 is 1.76 bits per heavy atom. The minimum absolute atomic E-state index is 0.0140. The maximum Gasteiger partial charge on any atom is 0.416 e. The van der Waals surface area contributed by atoms with Crippen LogP contribution in [-0.4, -0.2) is 29.2 Å². The molecular weight excluding hydrogens is 478 g/mol. The number of nitrogens with one attached hydrogen (secondary N) is 1. The lowest BCUT2D eigenvalue weighted by Crippen LogP contribution is -2.34. The molecule has 0 unspecified atom stereocenters. The number of benzene rings is 2. The molecule has 0 aliphatic heterocycles. The zero-order chi connectivity index (χ0) is 24.0. The molecule has 0 bridgehead atoms. The normalized spacial score (nSPS) is 11.2. The fraction of sp³-hybridized carbons (Fsp3) is 0.174. The Balaban J connectivity index is 1.98. The largest absolute Gasteiger partial charge is 0.416 e. The van der Waals surface area contributed by atoms with Crippen molar-refractivity contribution in [2.75, 3.05) is 22.6 Å². The number of halogens is 5. The molecule has 3 rings (SSSR count). The summed E-state index contributed by atoms with van der Waals surface area (Å²) in [5, 5.41) is 2.43. The van der Waals surface area contributed by atoms with Crippen molar-refractivity contribution in [3.63, 3.8) is 0 Å². The van der Waals surface area contributed by atoms with Crippen molar-refractivity contribution in [3.8, 4) is 0 Å². The quantitative estimate of drug-likeness (QED) is 0.331. The van der Waals surface area contributed by atoms with Crippen LogP contribution in [0, 0.1) is 0 Å². The van der Waals surface area contributed by atoms with Gasteiger partial charge in [0.1, 0.15) is 5.88 Å². The minimum atomic E-state index is -4.74. The first kappa shape index (κ1) is 24.5. The Bertz CT molecular complexity index is 1140. The van der Waals surface area contributed by atoms with Gasteiger partial charge in [-0.25, -0.2) is 4.98 Å². The Labute approximate surface area is 198 Å². The molecule has 172 valence electrons. The summed E-state index contributed by atoms with van der Waals surface area (Å²) in [5.74, 6) is -1.86. The first-order valence-corrected chi connectivity index (χ1v) is 10.6. The SMILES string of the molecule is O=C(Nc1cccnc1Cl)c1cc(N(CCc2ccccc2)C(=O)CCl)cc(C(F)(F)F)c1. The van der Waals surface area contributed by atoms with Crippen LogP contribution in [0.4, 0.5) is 24.5 Å². The molecule has 10 heteroatoms. The van der Waals surface area contributed by atoms with Gasteiger partial charge in [0, 0.05) is 24.0 Å². The third-order valence-electron chi connectivity index (χ3n) is 4.71. The lowest BCUT2D eigenvalue weighted by Gasteiger charge is -2.24.